The van der Waals surface area contributed by atoms with Crippen LogP contribution in [-0.4, -0.2) is 82.6 Å². The predicted octanol–water partition coefficient (Wildman–Crippen LogP) is 9.49. The topological polar surface area (TPSA) is 181 Å². The van der Waals surface area contributed by atoms with Crippen LogP contribution in [0.1, 0.15) is 92.7 Å². The van der Waals surface area contributed by atoms with E-state index in [1.54, 1.807) is 77.0 Å². The van der Waals surface area contributed by atoms with Gasteiger partial charge in [-0.25, -0.2) is 15.0 Å². The second-order valence-electron chi connectivity index (χ2n) is 18.1. The lowest BCUT2D eigenvalue weighted by molar-refractivity contribution is -0.126. The number of amides is 3. The number of methoxy groups -OCH3 is 1. The third-order valence-electron chi connectivity index (χ3n) is 13.0. The van der Waals surface area contributed by atoms with Crippen molar-refractivity contribution in [2.75, 3.05) is 20.2 Å². The maximum atomic E-state index is 15.0. The fourth-order valence-corrected chi connectivity index (χ4v) is 9.85. The van der Waals surface area contributed by atoms with E-state index in [2.05, 4.69) is 33.6 Å². The number of likely N-dealkylation sites (tertiary alicyclic amines) is 2. The van der Waals surface area contributed by atoms with Crippen molar-refractivity contribution >= 4 is 28.8 Å². The third-order valence-corrected chi connectivity index (χ3v) is 13.0. The highest BCUT2D eigenvalue weighted by Crippen LogP contribution is 2.45. The van der Waals surface area contributed by atoms with Gasteiger partial charge >= 0.3 is 0 Å². The van der Waals surface area contributed by atoms with Gasteiger partial charge in [0.05, 0.1) is 48.4 Å². The molecule has 3 atom stereocenters. The van der Waals surface area contributed by atoms with Crippen LogP contribution in [-0.2, 0) is 9.59 Å². The van der Waals surface area contributed by atoms with Gasteiger partial charge in [-0.3, -0.25) is 28.2 Å². The smallest absolute Gasteiger partial charge is 0.299 e. The first-order chi connectivity index (χ1) is 35.9. The summed E-state index contributed by atoms with van der Waals surface area (Å²) in [5, 5.41) is 0. The van der Waals surface area contributed by atoms with Crippen LogP contribution in [0.3, 0.4) is 0 Å². The van der Waals surface area contributed by atoms with Gasteiger partial charge in [0.1, 0.15) is 40.2 Å². The number of imidazole rings is 2. The second kappa shape index (κ2) is 20.5. The Balaban J connectivity index is 0.962. The van der Waals surface area contributed by atoms with Gasteiger partial charge in [0, 0.05) is 61.0 Å². The Hall–Kier alpha value is -9.22. The van der Waals surface area contributed by atoms with Crippen molar-refractivity contribution in [3.8, 4) is 80.7 Å². The summed E-state index contributed by atoms with van der Waals surface area (Å²) in [6.07, 6.45) is 10.4. The molecule has 0 saturated carbocycles. The predicted molar refractivity (Wildman–Crippen MR) is 273 cm³/mol. The molecule has 17 heteroatoms. The normalized spacial score (nSPS) is 16.2. The average molecular weight is 992 g/mol. The van der Waals surface area contributed by atoms with Crippen LogP contribution in [0.25, 0.3) is 33.5 Å². The van der Waals surface area contributed by atoms with Gasteiger partial charge in [-0.05, 0) is 137 Å². The third kappa shape index (κ3) is 9.39. The highest BCUT2D eigenvalue weighted by Gasteiger charge is 2.40. The van der Waals surface area contributed by atoms with Crippen LogP contribution in [0.5, 0.6) is 34.5 Å². The van der Waals surface area contributed by atoms with Crippen LogP contribution < -0.4 is 24.7 Å². The van der Waals surface area contributed by atoms with Crippen molar-refractivity contribution in [2.24, 2.45) is 5.73 Å². The summed E-state index contributed by atoms with van der Waals surface area (Å²) in [4.78, 5) is 62.4. The second-order valence-corrected chi connectivity index (χ2v) is 18.1. The average Bonchev–Trinajstić information content (AvgIpc) is 4.23. The summed E-state index contributed by atoms with van der Waals surface area (Å²) in [6, 6.07) is 24.0. The minimum absolute atomic E-state index is 0.0131. The maximum absolute atomic E-state index is 15.0. The molecule has 1 unspecified atom stereocenters. The highest BCUT2D eigenvalue weighted by molar-refractivity contribution is 6.01. The summed E-state index contributed by atoms with van der Waals surface area (Å²) in [5.74, 6) is 11.9. The van der Waals surface area contributed by atoms with Crippen LogP contribution in [0, 0.1) is 29.5 Å². The minimum Gasteiger partial charge on any atom is -0.494 e. The molecule has 2 saturated heterocycles. The number of aromatic nitrogens is 6. The van der Waals surface area contributed by atoms with E-state index in [1.807, 2.05) is 66.9 Å². The van der Waals surface area contributed by atoms with Gasteiger partial charge in [0.2, 0.25) is 5.82 Å². The zero-order valence-electron chi connectivity index (χ0n) is 41.2. The molecule has 0 spiro atoms. The molecular formula is C57H50FN9O7. The first-order valence-corrected chi connectivity index (χ1v) is 24.1. The summed E-state index contributed by atoms with van der Waals surface area (Å²) in [7, 11) is 1.38. The Bertz CT molecular complexity index is 3610. The number of halogens is 1. The molecule has 4 aromatic carbocycles. The zero-order valence-corrected chi connectivity index (χ0v) is 41.2. The quantitative estimate of drug-likeness (QED) is 0.109. The molecule has 10 rings (SSSR count). The Morgan fingerprint density at radius 2 is 1.41 bits per heavy atom. The van der Waals surface area contributed by atoms with Crippen LogP contribution >= 0.6 is 0 Å². The lowest BCUT2D eigenvalue weighted by atomic mass is 9.95. The number of fused-ring (bicyclic) bond motifs is 2. The molecule has 8 aromatic rings. The number of rotatable bonds is 13. The summed E-state index contributed by atoms with van der Waals surface area (Å²) >= 11 is 0. The maximum Gasteiger partial charge on any atom is 0.299 e. The number of ether oxygens (including phenoxy) is 4. The number of carbonyl (C=O) groups excluding carboxylic acids is 3. The Kier molecular flexibility index (Phi) is 13.4. The van der Waals surface area contributed by atoms with E-state index in [4.69, 9.17) is 34.6 Å². The molecule has 16 nitrogen and oxygen atoms in total. The molecule has 3 amide bonds. The van der Waals surface area contributed by atoms with Gasteiger partial charge in [0.25, 0.3) is 17.7 Å². The number of hydrogen-bond donors (Lipinski definition) is 1. The lowest BCUT2D eigenvalue weighted by Crippen LogP contribution is -2.31. The lowest BCUT2D eigenvalue weighted by Gasteiger charge is -2.21. The van der Waals surface area contributed by atoms with E-state index in [0.717, 1.165) is 41.0 Å². The molecule has 0 bridgehead atoms. The van der Waals surface area contributed by atoms with Crippen molar-refractivity contribution in [1.82, 2.24) is 38.5 Å². The first-order valence-electron chi connectivity index (χ1n) is 24.1. The molecule has 2 fully saturated rings. The van der Waals surface area contributed by atoms with Crippen LogP contribution in [0.2, 0.25) is 0 Å². The number of carbonyl (C=O) groups is 3. The van der Waals surface area contributed by atoms with Crippen molar-refractivity contribution in [2.45, 2.75) is 71.1 Å². The molecule has 0 radical (unpaired) electrons. The molecule has 0 aliphatic carbocycles. The largest absolute Gasteiger partial charge is 0.494 e. The fraction of sp³-hybridized carbons (Fsp3) is 0.246. The molecule has 6 heterocycles. The Labute approximate surface area is 425 Å². The van der Waals surface area contributed by atoms with Crippen molar-refractivity contribution in [3.63, 3.8) is 0 Å². The van der Waals surface area contributed by atoms with Gasteiger partial charge in [-0.1, -0.05) is 17.9 Å². The number of benzene rings is 4. The highest BCUT2D eigenvalue weighted by atomic mass is 19.1. The summed E-state index contributed by atoms with van der Waals surface area (Å²) in [5.41, 5.74) is 10.5. The van der Waals surface area contributed by atoms with E-state index in [9.17, 15) is 18.8 Å². The Morgan fingerprint density at radius 3 is 2.11 bits per heavy atom. The van der Waals surface area contributed by atoms with Crippen LogP contribution in [0.4, 0.5) is 4.39 Å². The van der Waals surface area contributed by atoms with Gasteiger partial charge in [0.15, 0.2) is 17.2 Å². The fourth-order valence-electron chi connectivity index (χ4n) is 9.85. The molecule has 74 heavy (non-hydrogen) atoms. The molecular weight excluding hydrogens is 942 g/mol. The number of nitrogens with two attached hydrogens (primary N) is 1. The van der Waals surface area contributed by atoms with Crippen molar-refractivity contribution in [3.05, 3.63) is 145 Å². The van der Waals surface area contributed by atoms with E-state index >= 15 is 0 Å². The molecule has 2 aliphatic rings. The molecule has 372 valence electrons. The Morgan fingerprint density at radius 1 is 0.757 bits per heavy atom. The van der Waals surface area contributed by atoms with Crippen LogP contribution in [0.15, 0.2) is 116 Å². The minimum atomic E-state index is -0.764. The van der Waals surface area contributed by atoms with E-state index in [1.165, 1.54) is 25.4 Å². The van der Waals surface area contributed by atoms with Crippen molar-refractivity contribution in [1.29, 1.82) is 0 Å². The number of nitrogens with zero attached hydrogens (tertiary/aromatic N) is 8. The molecule has 2 aliphatic heterocycles. The van der Waals surface area contributed by atoms with Gasteiger partial charge < -0.3 is 34.5 Å². The van der Waals surface area contributed by atoms with E-state index < -0.39 is 23.7 Å². The van der Waals surface area contributed by atoms with E-state index in [0.29, 0.717) is 58.6 Å². The summed E-state index contributed by atoms with van der Waals surface area (Å²) < 4.78 is 42.6. The van der Waals surface area contributed by atoms with Gasteiger partial charge in [-0.15, -0.1) is 0 Å². The zero-order chi connectivity index (χ0) is 51.6. The van der Waals surface area contributed by atoms with E-state index in [-0.39, 0.29) is 47.7 Å². The number of primary amides is 1. The monoisotopic (exact) mass is 991 g/mol. The number of hydrogen-bond acceptors (Lipinski definition) is 11. The van der Waals surface area contributed by atoms with Gasteiger partial charge in [-0.2, -0.15) is 4.39 Å². The molecule has 4 aromatic heterocycles. The molecule has 2 N–H and O–H groups in total. The SMILES string of the molecule is CC#CC(=O)N1CCC[C@H]1c1nc(-c2ccc(Oc3cc(OC(C)C)cc(C4C[C@@H](c5nc(-c6ccc(Oc7cccc(OC)c7F)cc6)c6c(C(N)=O)nccn56)N(C(=O)C#CC)C4)c3)cc2)c2cnccn12. The standard InChI is InChI=1S/C57H50FN9O7/c1-6-10-48(68)64-25-9-12-43(64)56-62-51(45-32-60-23-26-65(45)56)35-15-19-39(20-16-35)73-42-29-37(28-41(31-42)72-34(3)4)38-30-44(67(33-38)49(69)11-7-2)57-63-52(54-53(55(59)70)61-24-27-66(54)57)36-17-21-40(22-18-36)74-47-14-8-13-46(71-5)50(47)58/h8,13-24,26-29,31-32,34,38,43-44H,9,12,25,30,33H2,1-5H3,(H2,59,70)/t38?,43-,44-/m0/s1. The summed E-state index contributed by atoms with van der Waals surface area (Å²) in [6.45, 7) is 8.04. The first kappa shape index (κ1) is 48.4. The van der Waals surface area contributed by atoms with Crippen molar-refractivity contribution < 1.29 is 37.7 Å².